The van der Waals surface area contributed by atoms with Gasteiger partial charge in [-0.2, -0.15) is 17.6 Å². The molecule has 1 rings (SSSR count). The lowest BCUT2D eigenvalue weighted by Gasteiger charge is -2.15. The molecule has 0 aliphatic carbocycles. The topological polar surface area (TPSA) is 38.9 Å². The van der Waals surface area contributed by atoms with Gasteiger partial charge in [-0.1, -0.05) is 0 Å². The van der Waals surface area contributed by atoms with E-state index in [0.717, 1.165) is 12.3 Å². The Bertz CT molecular complexity index is 339. The number of nitrogens with zero attached hydrogens (tertiary/aromatic N) is 1. The van der Waals surface area contributed by atoms with Crippen LogP contribution in [0.5, 0.6) is 0 Å². The molecule has 2 N–H and O–H groups in total. The molecular formula is C7H5BrF4N2. The van der Waals surface area contributed by atoms with Gasteiger partial charge in [0.15, 0.2) is 0 Å². The van der Waals surface area contributed by atoms with Crippen molar-refractivity contribution in [2.75, 3.05) is 0 Å². The number of aromatic nitrogens is 1. The molecule has 0 saturated heterocycles. The summed E-state index contributed by atoms with van der Waals surface area (Å²) >= 11 is 2.88. The molecule has 0 aliphatic rings. The zero-order chi connectivity index (χ0) is 10.9. The highest BCUT2D eigenvalue weighted by atomic mass is 79.9. The Morgan fingerprint density at radius 1 is 1.43 bits per heavy atom. The van der Waals surface area contributed by atoms with Crippen molar-refractivity contribution in [1.29, 1.82) is 0 Å². The van der Waals surface area contributed by atoms with Gasteiger partial charge in [-0.15, -0.1) is 0 Å². The lowest BCUT2D eigenvalue weighted by molar-refractivity contribution is -0.149. The Morgan fingerprint density at radius 3 is 2.50 bits per heavy atom. The van der Waals surface area contributed by atoms with Crippen LogP contribution in [0, 0.1) is 5.95 Å². The number of nitrogens with two attached hydrogens (primary N) is 1. The average molecular weight is 273 g/mol. The third kappa shape index (κ3) is 2.42. The van der Waals surface area contributed by atoms with Crippen molar-refractivity contribution >= 4 is 15.9 Å². The standard InChI is InChI=1S/C7H5BrF4N2/c8-3-1-4(6(9)14-2-3)5(13)7(10,11)12/h1-2,5H,13H2/t5-/m1/s1. The van der Waals surface area contributed by atoms with Crippen molar-refractivity contribution in [3.8, 4) is 0 Å². The molecule has 0 aliphatic heterocycles. The van der Waals surface area contributed by atoms with Crippen LogP contribution >= 0.6 is 15.9 Å². The summed E-state index contributed by atoms with van der Waals surface area (Å²) in [6.07, 6.45) is -3.62. The minimum Gasteiger partial charge on any atom is -0.316 e. The first kappa shape index (κ1) is 11.4. The van der Waals surface area contributed by atoms with Crippen LogP contribution in [0.3, 0.4) is 0 Å². The number of rotatable bonds is 1. The molecule has 0 bridgehead atoms. The van der Waals surface area contributed by atoms with Crippen molar-refractivity contribution in [2.24, 2.45) is 5.73 Å². The van der Waals surface area contributed by atoms with Crippen molar-refractivity contribution in [2.45, 2.75) is 12.2 Å². The molecule has 1 atom stereocenters. The third-order valence-electron chi connectivity index (χ3n) is 1.52. The second-order valence-electron chi connectivity index (χ2n) is 2.55. The minimum atomic E-state index is -4.68. The molecular weight excluding hydrogens is 268 g/mol. The predicted molar refractivity (Wildman–Crippen MR) is 44.9 cm³/mol. The number of pyridine rings is 1. The molecule has 2 nitrogen and oxygen atoms in total. The largest absolute Gasteiger partial charge is 0.407 e. The fourth-order valence-corrected chi connectivity index (χ4v) is 1.18. The summed E-state index contributed by atoms with van der Waals surface area (Å²) in [6.45, 7) is 0. The zero-order valence-electron chi connectivity index (χ0n) is 6.65. The molecule has 0 unspecified atom stereocenters. The molecule has 0 radical (unpaired) electrons. The zero-order valence-corrected chi connectivity index (χ0v) is 8.23. The van der Waals surface area contributed by atoms with Crippen LogP contribution in [0.15, 0.2) is 16.7 Å². The van der Waals surface area contributed by atoms with E-state index in [1.54, 1.807) is 0 Å². The van der Waals surface area contributed by atoms with Crippen molar-refractivity contribution in [3.05, 3.63) is 28.2 Å². The summed E-state index contributed by atoms with van der Waals surface area (Å²) in [6, 6.07) is -1.40. The number of alkyl halides is 3. The van der Waals surface area contributed by atoms with Gasteiger partial charge in [0.2, 0.25) is 5.95 Å². The van der Waals surface area contributed by atoms with Gasteiger partial charge < -0.3 is 5.73 Å². The van der Waals surface area contributed by atoms with Crippen molar-refractivity contribution in [3.63, 3.8) is 0 Å². The number of hydrogen-bond donors (Lipinski definition) is 1. The van der Waals surface area contributed by atoms with E-state index in [0.29, 0.717) is 0 Å². The lowest BCUT2D eigenvalue weighted by Crippen LogP contribution is -2.29. The molecule has 0 amide bonds. The summed E-state index contributed by atoms with van der Waals surface area (Å²) in [7, 11) is 0. The van der Waals surface area contributed by atoms with Gasteiger partial charge in [0, 0.05) is 16.2 Å². The first-order valence-electron chi connectivity index (χ1n) is 3.45. The predicted octanol–water partition coefficient (Wildman–Crippen LogP) is 2.55. The lowest BCUT2D eigenvalue weighted by atomic mass is 10.1. The van der Waals surface area contributed by atoms with Gasteiger partial charge in [-0.25, -0.2) is 4.98 Å². The van der Waals surface area contributed by atoms with Crippen LogP contribution in [-0.2, 0) is 0 Å². The quantitative estimate of drug-likeness (QED) is 0.630. The maximum Gasteiger partial charge on any atom is 0.407 e. The fourth-order valence-electron chi connectivity index (χ4n) is 0.833. The maximum absolute atomic E-state index is 12.8. The van der Waals surface area contributed by atoms with Gasteiger partial charge in [-0.3, -0.25) is 0 Å². The molecule has 7 heteroatoms. The maximum atomic E-state index is 12.8. The van der Waals surface area contributed by atoms with E-state index in [-0.39, 0.29) is 4.47 Å². The second kappa shape index (κ2) is 3.82. The summed E-state index contributed by atoms with van der Waals surface area (Å²) in [5, 5.41) is 0. The Kier molecular flexibility index (Phi) is 3.10. The Morgan fingerprint density at radius 2 is 2.00 bits per heavy atom. The summed E-state index contributed by atoms with van der Waals surface area (Å²) in [5.41, 5.74) is 4.14. The van der Waals surface area contributed by atoms with Crippen molar-refractivity contribution < 1.29 is 17.6 Å². The van der Waals surface area contributed by atoms with E-state index in [1.807, 2.05) is 0 Å². The molecule has 78 valence electrons. The Hall–Kier alpha value is -0.690. The molecule has 0 saturated carbocycles. The number of halogens is 5. The van der Waals surface area contributed by atoms with Gasteiger partial charge in [-0.05, 0) is 22.0 Å². The van der Waals surface area contributed by atoms with Crippen LogP contribution in [0.4, 0.5) is 17.6 Å². The monoisotopic (exact) mass is 272 g/mol. The van der Waals surface area contributed by atoms with E-state index in [4.69, 9.17) is 5.73 Å². The first-order chi connectivity index (χ1) is 6.32. The van der Waals surface area contributed by atoms with Gasteiger partial charge in [0.25, 0.3) is 0 Å². The summed E-state index contributed by atoms with van der Waals surface area (Å²) in [5.74, 6) is -1.21. The van der Waals surface area contributed by atoms with Gasteiger partial charge >= 0.3 is 6.18 Å². The average Bonchev–Trinajstić information content (AvgIpc) is 2.06. The van der Waals surface area contributed by atoms with Gasteiger partial charge in [0.05, 0.1) is 0 Å². The molecule has 0 fully saturated rings. The van der Waals surface area contributed by atoms with E-state index in [2.05, 4.69) is 20.9 Å². The highest BCUT2D eigenvalue weighted by molar-refractivity contribution is 9.10. The van der Waals surface area contributed by atoms with E-state index in [1.165, 1.54) is 0 Å². The molecule has 1 heterocycles. The van der Waals surface area contributed by atoms with Crippen LogP contribution in [0.1, 0.15) is 11.6 Å². The SMILES string of the molecule is N[C@H](c1cc(Br)cnc1F)C(F)(F)F. The smallest absolute Gasteiger partial charge is 0.316 e. The number of hydrogen-bond acceptors (Lipinski definition) is 2. The molecule has 0 aromatic carbocycles. The second-order valence-corrected chi connectivity index (χ2v) is 3.47. The molecule has 0 spiro atoms. The summed E-state index contributed by atoms with van der Waals surface area (Å²) in [4.78, 5) is 3.12. The molecule has 1 aromatic rings. The Balaban J connectivity index is 3.12. The first-order valence-corrected chi connectivity index (χ1v) is 4.25. The molecule has 14 heavy (non-hydrogen) atoms. The van der Waals surface area contributed by atoms with E-state index >= 15 is 0 Å². The van der Waals surface area contributed by atoms with Gasteiger partial charge in [0.1, 0.15) is 6.04 Å². The van der Waals surface area contributed by atoms with Crippen molar-refractivity contribution in [1.82, 2.24) is 4.98 Å². The Labute approximate surface area is 85.3 Å². The summed E-state index contributed by atoms with van der Waals surface area (Å²) < 4.78 is 49.4. The van der Waals surface area contributed by atoms with E-state index in [9.17, 15) is 17.6 Å². The highest BCUT2D eigenvalue weighted by Gasteiger charge is 2.39. The van der Waals surface area contributed by atoms with Crippen LogP contribution in [0.2, 0.25) is 0 Å². The van der Waals surface area contributed by atoms with E-state index < -0.39 is 23.7 Å². The van der Waals surface area contributed by atoms with Crippen LogP contribution in [-0.4, -0.2) is 11.2 Å². The normalized spacial score (nSPS) is 14.1. The third-order valence-corrected chi connectivity index (χ3v) is 1.95. The highest BCUT2D eigenvalue weighted by Crippen LogP contribution is 2.32. The fraction of sp³-hybridized carbons (Fsp3) is 0.286. The van der Waals surface area contributed by atoms with Crippen LogP contribution < -0.4 is 5.73 Å². The van der Waals surface area contributed by atoms with Crippen LogP contribution in [0.25, 0.3) is 0 Å². The molecule has 1 aromatic heterocycles. The minimum absolute atomic E-state index is 0.244.